The summed E-state index contributed by atoms with van der Waals surface area (Å²) in [6, 6.07) is 17.7. The molecule has 7 heteroatoms. The van der Waals surface area contributed by atoms with Crippen LogP contribution in [0.25, 0.3) is 16.6 Å². The van der Waals surface area contributed by atoms with Crippen LogP contribution in [0.3, 0.4) is 0 Å². The van der Waals surface area contributed by atoms with E-state index in [2.05, 4.69) is 28.5 Å². The lowest BCUT2D eigenvalue weighted by molar-refractivity contribution is -0.0250. The van der Waals surface area contributed by atoms with E-state index < -0.39 is 0 Å². The van der Waals surface area contributed by atoms with E-state index in [9.17, 15) is 4.79 Å². The molecule has 0 saturated carbocycles. The number of amides is 1. The molecule has 1 saturated heterocycles. The third-order valence-corrected chi connectivity index (χ3v) is 5.16. The minimum atomic E-state index is -0.330. The van der Waals surface area contributed by atoms with E-state index >= 15 is 0 Å². The van der Waals surface area contributed by atoms with Crippen LogP contribution in [0.15, 0.2) is 65.2 Å². The van der Waals surface area contributed by atoms with E-state index in [1.165, 1.54) is 0 Å². The molecule has 1 amide bonds. The van der Waals surface area contributed by atoms with Crippen molar-refractivity contribution < 1.29 is 13.9 Å². The highest BCUT2D eigenvalue weighted by atomic mass is 16.5. The second-order valence-electron chi connectivity index (χ2n) is 7.11. The molecule has 0 unspecified atom stereocenters. The second-order valence-corrected chi connectivity index (χ2v) is 7.11. The largest absolute Gasteiger partial charge is 0.456 e. The van der Waals surface area contributed by atoms with Gasteiger partial charge in [0.1, 0.15) is 17.6 Å². The number of aromatic nitrogens is 3. The quantitative estimate of drug-likeness (QED) is 0.537. The van der Waals surface area contributed by atoms with Crippen molar-refractivity contribution in [1.29, 1.82) is 0 Å². The first-order valence-electron chi connectivity index (χ1n) is 9.57. The summed E-state index contributed by atoms with van der Waals surface area (Å²) in [5.41, 5.74) is 3.78. The third-order valence-electron chi connectivity index (χ3n) is 5.16. The molecule has 1 fully saturated rings. The van der Waals surface area contributed by atoms with Crippen LogP contribution in [0.1, 0.15) is 28.1 Å². The van der Waals surface area contributed by atoms with Crippen molar-refractivity contribution in [2.24, 2.45) is 0 Å². The maximum Gasteiger partial charge on any atom is 0.289 e. The number of nitrogens with zero attached hydrogens (tertiary/aromatic N) is 4. The lowest BCUT2D eigenvalue weighted by atomic mass is 10.1. The van der Waals surface area contributed by atoms with Crippen LogP contribution in [0.2, 0.25) is 0 Å². The van der Waals surface area contributed by atoms with E-state index in [0.29, 0.717) is 25.5 Å². The molecule has 5 rings (SSSR count). The summed E-state index contributed by atoms with van der Waals surface area (Å²) in [5.74, 6) is 0.939. The van der Waals surface area contributed by atoms with E-state index in [4.69, 9.17) is 9.15 Å². The number of aryl methyl sites for hydroxylation is 1. The maximum atomic E-state index is 12.7. The summed E-state index contributed by atoms with van der Waals surface area (Å²) in [5, 5.41) is 8.63. The summed E-state index contributed by atoms with van der Waals surface area (Å²) in [6.07, 6.45) is 1.63. The average molecular weight is 388 g/mol. The molecule has 4 aromatic rings. The van der Waals surface area contributed by atoms with Crippen LogP contribution in [0, 0.1) is 6.92 Å². The first-order valence-corrected chi connectivity index (χ1v) is 9.57. The number of carbonyl (C=O) groups excluding carboxylic acids is 1. The average Bonchev–Trinajstić information content (AvgIpc) is 3.39. The highest BCUT2D eigenvalue weighted by Gasteiger charge is 2.30. The summed E-state index contributed by atoms with van der Waals surface area (Å²) < 4.78 is 13.2. The van der Waals surface area contributed by atoms with Crippen LogP contribution in [-0.4, -0.2) is 45.3 Å². The summed E-state index contributed by atoms with van der Waals surface area (Å²) in [4.78, 5) is 14.5. The minimum absolute atomic E-state index is 0.130. The summed E-state index contributed by atoms with van der Waals surface area (Å²) in [6.45, 7) is 3.20. The van der Waals surface area contributed by atoms with Gasteiger partial charge in [-0.05, 0) is 30.7 Å². The normalized spacial score (nSPS) is 17.0. The van der Waals surface area contributed by atoms with Gasteiger partial charge >= 0.3 is 0 Å². The fraction of sp³-hybridized carbons (Fsp3) is 0.227. The highest BCUT2D eigenvalue weighted by molar-refractivity contribution is 5.91. The molecule has 1 aliphatic heterocycles. The number of furan rings is 1. The molecule has 0 aliphatic carbocycles. The molecule has 1 atom stereocenters. The van der Waals surface area contributed by atoms with Crippen LogP contribution in [0.4, 0.5) is 0 Å². The van der Waals surface area contributed by atoms with Crippen molar-refractivity contribution in [2.45, 2.75) is 13.0 Å². The van der Waals surface area contributed by atoms with Crippen LogP contribution in [0.5, 0.6) is 0 Å². The number of hydrogen-bond acceptors (Lipinski definition) is 5. The van der Waals surface area contributed by atoms with Gasteiger partial charge in [0.25, 0.3) is 5.91 Å². The molecule has 146 valence electrons. The fourth-order valence-electron chi connectivity index (χ4n) is 3.65. The van der Waals surface area contributed by atoms with Gasteiger partial charge in [-0.2, -0.15) is 0 Å². The Morgan fingerprint density at radius 1 is 1.07 bits per heavy atom. The first-order chi connectivity index (χ1) is 14.2. The molecular formula is C22H20N4O3. The SMILES string of the molecule is Cc1ccc(C(=O)N2CCO[C@H](c3nnn4cc(-c5ccccc5)ccc34)C2)o1. The van der Waals surface area contributed by atoms with Gasteiger partial charge in [0.05, 0.1) is 18.7 Å². The highest BCUT2D eigenvalue weighted by Crippen LogP contribution is 2.27. The Morgan fingerprint density at radius 3 is 2.72 bits per heavy atom. The molecule has 0 radical (unpaired) electrons. The van der Waals surface area contributed by atoms with Gasteiger partial charge in [0, 0.05) is 18.3 Å². The van der Waals surface area contributed by atoms with Gasteiger partial charge in [-0.3, -0.25) is 4.79 Å². The Balaban J connectivity index is 1.41. The lowest BCUT2D eigenvalue weighted by Crippen LogP contribution is -2.42. The van der Waals surface area contributed by atoms with Gasteiger partial charge in [-0.25, -0.2) is 4.52 Å². The van der Waals surface area contributed by atoms with Gasteiger partial charge in [0.2, 0.25) is 0 Å². The standard InChI is InChI=1S/C22H20N4O3/c1-15-7-10-19(29-15)22(27)25-11-12-28-20(14-25)21-18-9-8-17(13-26(18)24-23-21)16-5-3-2-4-6-16/h2-10,13,20H,11-12,14H2,1H3/t20-/m0/s1. The van der Waals surface area contributed by atoms with Gasteiger partial charge < -0.3 is 14.1 Å². The second kappa shape index (κ2) is 7.18. The monoisotopic (exact) mass is 388 g/mol. The van der Waals surface area contributed by atoms with E-state index in [-0.39, 0.29) is 12.0 Å². The number of benzene rings is 1. The number of rotatable bonds is 3. The van der Waals surface area contributed by atoms with E-state index in [1.54, 1.807) is 21.5 Å². The number of pyridine rings is 1. The van der Waals surface area contributed by atoms with Crippen molar-refractivity contribution in [3.8, 4) is 11.1 Å². The number of morpholine rings is 1. The van der Waals surface area contributed by atoms with Crippen molar-refractivity contribution in [3.63, 3.8) is 0 Å². The molecule has 1 aliphatic rings. The first kappa shape index (κ1) is 17.6. The van der Waals surface area contributed by atoms with Gasteiger partial charge in [-0.15, -0.1) is 5.10 Å². The van der Waals surface area contributed by atoms with Crippen LogP contribution in [-0.2, 0) is 4.74 Å². The van der Waals surface area contributed by atoms with Gasteiger partial charge in [-0.1, -0.05) is 41.6 Å². The smallest absolute Gasteiger partial charge is 0.289 e. The zero-order chi connectivity index (χ0) is 19.8. The van der Waals surface area contributed by atoms with Crippen LogP contribution < -0.4 is 0 Å². The fourth-order valence-corrected chi connectivity index (χ4v) is 3.65. The Morgan fingerprint density at radius 2 is 1.93 bits per heavy atom. The lowest BCUT2D eigenvalue weighted by Gasteiger charge is -2.31. The molecular weight excluding hydrogens is 368 g/mol. The van der Waals surface area contributed by atoms with Crippen molar-refractivity contribution in [2.75, 3.05) is 19.7 Å². The topological polar surface area (TPSA) is 72.9 Å². The Labute approximate surface area is 167 Å². The minimum Gasteiger partial charge on any atom is -0.456 e. The summed E-state index contributed by atoms with van der Waals surface area (Å²) in [7, 11) is 0. The number of ether oxygens (including phenoxy) is 1. The zero-order valence-electron chi connectivity index (χ0n) is 16.0. The van der Waals surface area contributed by atoms with Crippen molar-refractivity contribution in [3.05, 3.63) is 78.0 Å². The van der Waals surface area contributed by atoms with E-state index in [0.717, 1.165) is 28.1 Å². The zero-order valence-corrected chi connectivity index (χ0v) is 16.0. The van der Waals surface area contributed by atoms with Gasteiger partial charge in [0.15, 0.2) is 5.76 Å². The molecule has 7 nitrogen and oxygen atoms in total. The number of hydrogen-bond donors (Lipinski definition) is 0. The molecule has 1 aromatic carbocycles. The predicted molar refractivity (Wildman–Crippen MR) is 106 cm³/mol. The Kier molecular flexibility index (Phi) is 4.37. The molecule has 3 aromatic heterocycles. The third kappa shape index (κ3) is 3.30. The maximum absolute atomic E-state index is 12.7. The molecule has 0 spiro atoms. The van der Waals surface area contributed by atoms with Crippen LogP contribution >= 0.6 is 0 Å². The number of fused-ring (bicyclic) bond motifs is 1. The molecule has 0 bridgehead atoms. The Bertz CT molecular complexity index is 1170. The molecule has 4 heterocycles. The van der Waals surface area contributed by atoms with Crippen molar-refractivity contribution in [1.82, 2.24) is 19.7 Å². The van der Waals surface area contributed by atoms with E-state index in [1.807, 2.05) is 37.4 Å². The number of carbonyl (C=O) groups is 1. The Hall–Kier alpha value is -3.45. The van der Waals surface area contributed by atoms with Crippen molar-refractivity contribution >= 4 is 11.4 Å². The molecule has 0 N–H and O–H groups in total. The predicted octanol–water partition coefficient (Wildman–Crippen LogP) is 3.51. The molecule has 29 heavy (non-hydrogen) atoms. The summed E-state index contributed by atoms with van der Waals surface area (Å²) >= 11 is 0.